The number of hydrogen-bond donors (Lipinski definition) is 1. The maximum Gasteiger partial charge on any atom is 0.126 e. The molecule has 1 fully saturated rings. The molecule has 0 bridgehead atoms. The third-order valence-electron chi connectivity index (χ3n) is 4.51. The minimum absolute atomic E-state index is 0.157. The summed E-state index contributed by atoms with van der Waals surface area (Å²) in [6, 6.07) is 6.92. The van der Waals surface area contributed by atoms with Crippen LogP contribution in [0.3, 0.4) is 0 Å². The van der Waals surface area contributed by atoms with E-state index >= 15 is 0 Å². The molecule has 118 valence electrons. The van der Waals surface area contributed by atoms with E-state index in [2.05, 4.69) is 11.8 Å². The van der Waals surface area contributed by atoms with Gasteiger partial charge in [0.25, 0.3) is 0 Å². The number of likely N-dealkylation sites (N-methyl/N-ethyl adjacent to an activating group) is 1. The molecule has 2 rings (SSSR count). The summed E-state index contributed by atoms with van der Waals surface area (Å²) >= 11 is 0. The van der Waals surface area contributed by atoms with Gasteiger partial charge >= 0.3 is 0 Å². The molecule has 1 saturated carbocycles. The van der Waals surface area contributed by atoms with E-state index in [4.69, 9.17) is 10.5 Å². The third-order valence-corrected chi connectivity index (χ3v) is 4.51. The Morgan fingerprint density at radius 3 is 2.71 bits per heavy atom. The van der Waals surface area contributed by atoms with Crippen molar-refractivity contribution < 1.29 is 9.13 Å². The fourth-order valence-electron chi connectivity index (χ4n) is 2.42. The molecule has 1 atom stereocenters. The Morgan fingerprint density at radius 1 is 1.38 bits per heavy atom. The van der Waals surface area contributed by atoms with Crippen LogP contribution in [-0.2, 0) is 11.2 Å². The highest BCUT2D eigenvalue weighted by atomic mass is 19.1. The lowest BCUT2D eigenvalue weighted by molar-refractivity contribution is 0.0656. The van der Waals surface area contributed by atoms with Crippen LogP contribution >= 0.6 is 0 Å². The molecule has 1 aromatic rings. The second-order valence-electron chi connectivity index (χ2n) is 6.41. The third kappa shape index (κ3) is 4.77. The molecule has 1 aromatic carbocycles. The molecule has 1 aliphatic carbocycles. The van der Waals surface area contributed by atoms with E-state index in [1.807, 2.05) is 19.2 Å². The van der Waals surface area contributed by atoms with Crippen molar-refractivity contribution in [3.8, 4) is 0 Å². The molecule has 4 heteroatoms. The van der Waals surface area contributed by atoms with Crippen molar-refractivity contribution in [2.45, 2.75) is 31.7 Å². The summed E-state index contributed by atoms with van der Waals surface area (Å²) in [7, 11) is 2.04. The molecule has 1 aliphatic rings. The number of rotatable bonds is 9. The summed E-state index contributed by atoms with van der Waals surface area (Å²) in [5, 5.41) is 0. The minimum atomic E-state index is -0.259. The lowest BCUT2D eigenvalue weighted by Gasteiger charge is -2.38. The van der Waals surface area contributed by atoms with Crippen molar-refractivity contribution in [1.82, 2.24) is 4.90 Å². The maximum absolute atomic E-state index is 13.8. The van der Waals surface area contributed by atoms with Gasteiger partial charge in [-0.1, -0.05) is 18.2 Å². The van der Waals surface area contributed by atoms with Crippen LogP contribution in [0.25, 0.3) is 0 Å². The molecule has 0 spiro atoms. The predicted octanol–water partition coefficient (Wildman–Crippen LogP) is 2.44. The fourth-order valence-corrected chi connectivity index (χ4v) is 2.42. The smallest absolute Gasteiger partial charge is 0.126 e. The van der Waals surface area contributed by atoms with Crippen LogP contribution in [0.5, 0.6) is 0 Å². The number of benzene rings is 1. The van der Waals surface area contributed by atoms with Gasteiger partial charge in [-0.3, -0.25) is 4.90 Å². The van der Waals surface area contributed by atoms with Crippen LogP contribution in [0.2, 0.25) is 0 Å². The Kier molecular flexibility index (Phi) is 5.73. The van der Waals surface area contributed by atoms with Gasteiger partial charge in [0, 0.05) is 25.2 Å². The Balaban J connectivity index is 1.86. The zero-order valence-corrected chi connectivity index (χ0v) is 13.1. The van der Waals surface area contributed by atoms with Crippen molar-refractivity contribution in [2.75, 3.05) is 33.4 Å². The topological polar surface area (TPSA) is 38.5 Å². The van der Waals surface area contributed by atoms with E-state index in [1.165, 1.54) is 18.9 Å². The Hall–Kier alpha value is -0.970. The lowest BCUT2D eigenvalue weighted by Crippen LogP contribution is -2.52. The largest absolute Gasteiger partial charge is 0.380 e. The van der Waals surface area contributed by atoms with Gasteiger partial charge < -0.3 is 10.5 Å². The molecule has 0 heterocycles. The summed E-state index contributed by atoms with van der Waals surface area (Å²) in [4.78, 5) is 2.19. The van der Waals surface area contributed by atoms with Crippen LogP contribution in [0.4, 0.5) is 4.39 Å². The first-order chi connectivity index (χ1) is 10.0. The Morgan fingerprint density at radius 2 is 2.10 bits per heavy atom. The lowest BCUT2D eigenvalue weighted by atomic mass is 9.91. The monoisotopic (exact) mass is 294 g/mol. The highest BCUT2D eigenvalue weighted by molar-refractivity contribution is 5.20. The maximum atomic E-state index is 13.8. The summed E-state index contributed by atoms with van der Waals surface area (Å²) in [5.41, 5.74) is 6.42. The normalized spacial score (nSPS) is 18.0. The highest BCUT2D eigenvalue weighted by Gasteiger charge is 2.29. The highest BCUT2D eigenvalue weighted by Crippen LogP contribution is 2.28. The van der Waals surface area contributed by atoms with Crippen LogP contribution in [-0.4, -0.2) is 43.8 Å². The number of nitrogens with two attached hydrogens (primary N) is 1. The van der Waals surface area contributed by atoms with Crippen LogP contribution in [0.15, 0.2) is 24.3 Å². The van der Waals surface area contributed by atoms with Crippen LogP contribution < -0.4 is 5.73 Å². The van der Waals surface area contributed by atoms with Gasteiger partial charge in [-0.15, -0.1) is 0 Å². The first-order valence-corrected chi connectivity index (χ1v) is 7.77. The summed E-state index contributed by atoms with van der Waals surface area (Å²) in [6.45, 7) is 4.97. The summed E-state index contributed by atoms with van der Waals surface area (Å²) in [6.07, 6.45) is 3.22. The standard InChI is InChI=1S/C17H27FN2O/c1-17(13-19,11-15-5-3-4-6-16(15)18)20(2)9-10-21-12-14-7-8-14/h3-6,14H,7-13,19H2,1-2H3. The summed E-state index contributed by atoms with van der Waals surface area (Å²) in [5.74, 6) is 0.630. The average molecular weight is 294 g/mol. The number of ether oxygens (including phenoxy) is 1. The summed E-state index contributed by atoms with van der Waals surface area (Å²) < 4.78 is 19.5. The van der Waals surface area contributed by atoms with Crippen molar-refractivity contribution in [3.63, 3.8) is 0 Å². The van der Waals surface area contributed by atoms with Crippen molar-refractivity contribution in [2.24, 2.45) is 11.7 Å². The molecule has 0 saturated heterocycles. The number of nitrogens with zero attached hydrogens (tertiary/aromatic N) is 1. The van der Waals surface area contributed by atoms with Gasteiger partial charge in [0.2, 0.25) is 0 Å². The first kappa shape index (κ1) is 16.4. The molecular weight excluding hydrogens is 267 g/mol. The van der Waals surface area contributed by atoms with E-state index in [9.17, 15) is 4.39 Å². The number of hydrogen-bond acceptors (Lipinski definition) is 3. The molecule has 0 amide bonds. The van der Waals surface area contributed by atoms with Crippen molar-refractivity contribution in [1.29, 1.82) is 0 Å². The van der Waals surface area contributed by atoms with Crippen molar-refractivity contribution >= 4 is 0 Å². The van der Waals surface area contributed by atoms with Gasteiger partial charge in [0.15, 0.2) is 0 Å². The van der Waals surface area contributed by atoms with Crippen molar-refractivity contribution in [3.05, 3.63) is 35.6 Å². The SMILES string of the molecule is CN(CCOCC1CC1)C(C)(CN)Cc1ccccc1F. The van der Waals surface area contributed by atoms with E-state index < -0.39 is 0 Å². The van der Waals surface area contributed by atoms with E-state index in [-0.39, 0.29) is 11.4 Å². The van der Waals surface area contributed by atoms with E-state index in [0.29, 0.717) is 19.6 Å². The predicted molar refractivity (Wildman–Crippen MR) is 83.7 cm³/mol. The van der Waals surface area contributed by atoms with Gasteiger partial charge in [0.05, 0.1) is 6.61 Å². The first-order valence-electron chi connectivity index (χ1n) is 7.77. The molecule has 0 aromatic heterocycles. The molecule has 0 radical (unpaired) electrons. The van der Waals surface area contributed by atoms with Gasteiger partial charge in [-0.2, -0.15) is 0 Å². The van der Waals surface area contributed by atoms with E-state index in [0.717, 1.165) is 24.6 Å². The molecule has 1 unspecified atom stereocenters. The van der Waals surface area contributed by atoms with E-state index in [1.54, 1.807) is 6.07 Å². The average Bonchev–Trinajstić information content (AvgIpc) is 3.30. The quantitative estimate of drug-likeness (QED) is 0.711. The fraction of sp³-hybridized carbons (Fsp3) is 0.647. The van der Waals surface area contributed by atoms with Gasteiger partial charge in [-0.05, 0) is 50.8 Å². The number of halogens is 1. The molecule has 3 nitrogen and oxygen atoms in total. The molecule has 2 N–H and O–H groups in total. The molecule has 0 aliphatic heterocycles. The zero-order valence-electron chi connectivity index (χ0n) is 13.1. The van der Waals surface area contributed by atoms with Crippen LogP contribution in [0, 0.1) is 11.7 Å². The Bertz CT molecular complexity index is 450. The zero-order chi connectivity index (χ0) is 15.3. The second-order valence-corrected chi connectivity index (χ2v) is 6.41. The molecular formula is C17H27FN2O. The molecule has 21 heavy (non-hydrogen) atoms. The minimum Gasteiger partial charge on any atom is -0.380 e. The van der Waals surface area contributed by atoms with Crippen LogP contribution in [0.1, 0.15) is 25.3 Å². The second kappa shape index (κ2) is 7.34. The Labute approximate surface area is 127 Å². The van der Waals surface area contributed by atoms with Gasteiger partial charge in [-0.25, -0.2) is 4.39 Å². The van der Waals surface area contributed by atoms with Gasteiger partial charge in [0.1, 0.15) is 5.82 Å².